The Morgan fingerprint density at radius 1 is 1.12 bits per heavy atom. The molecule has 0 aliphatic heterocycles. The summed E-state index contributed by atoms with van der Waals surface area (Å²) in [5, 5.41) is 24.3. The molecule has 1 atom stereocenters. The van der Waals surface area contributed by atoms with Crippen LogP contribution < -0.4 is 16.2 Å². The minimum atomic E-state index is -1.15. The molecule has 0 saturated carbocycles. The maximum atomic E-state index is 13.6. The Labute approximate surface area is 183 Å². The Hall–Kier alpha value is -4.14. The summed E-state index contributed by atoms with van der Waals surface area (Å²) < 4.78 is 14.8. The van der Waals surface area contributed by atoms with E-state index in [2.05, 4.69) is 10.6 Å². The van der Waals surface area contributed by atoms with Crippen molar-refractivity contribution in [3.05, 3.63) is 82.0 Å². The third-order valence-electron chi connectivity index (χ3n) is 4.90. The van der Waals surface area contributed by atoms with Gasteiger partial charge in [0.05, 0.1) is 12.5 Å². The van der Waals surface area contributed by atoms with Gasteiger partial charge in [-0.15, -0.1) is 0 Å². The Bertz CT molecular complexity index is 1240. The number of urea groups is 1. The number of halogens is 1. The molecular weight excluding hydrogens is 417 g/mol. The first-order valence-electron chi connectivity index (χ1n) is 9.70. The van der Waals surface area contributed by atoms with Gasteiger partial charge in [0, 0.05) is 18.8 Å². The summed E-state index contributed by atoms with van der Waals surface area (Å²) in [5.41, 5.74) is 1.17. The standard InChI is InChI=1S/C23H22FN3O5/c1-13-12-27(2)22(31)20(21(13)30)26-23(32)25-18(11-19(28)29)16-7-3-5-14(9-16)15-6-4-8-17(24)10-15/h3-10,12,18,30H,11H2,1-2H3,(H,28,29)(H2,25,26,32). The number of anilines is 1. The van der Waals surface area contributed by atoms with Crippen LogP contribution in [0, 0.1) is 12.7 Å². The molecule has 0 bridgehead atoms. The molecule has 1 aromatic heterocycles. The summed E-state index contributed by atoms with van der Waals surface area (Å²) in [6.07, 6.45) is 0.990. The number of aliphatic carboxylic acids is 1. The van der Waals surface area contributed by atoms with E-state index in [0.717, 1.165) is 0 Å². The van der Waals surface area contributed by atoms with E-state index in [0.29, 0.717) is 22.3 Å². The quantitative estimate of drug-likeness (QED) is 0.468. The molecule has 32 heavy (non-hydrogen) atoms. The number of rotatable bonds is 6. The molecule has 9 heteroatoms. The number of carboxylic acid groups (broad SMARTS) is 1. The van der Waals surface area contributed by atoms with Gasteiger partial charge in [0.25, 0.3) is 5.56 Å². The number of hydrogen-bond donors (Lipinski definition) is 4. The summed E-state index contributed by atoms with van der Waals surface area (Å²) in [6.45, 7) is 1.57. The lowest BCUT2D eigenvalue weighted by atomic mass is 9.98. The van der Waals surface area contributed by atoms with Gasteiger partial charge in [0.1, 0.15) is 11.6 Å². The zero-order valence-corrected chi connectivity index (χ0v) is 17.4. The predicted molar refractivity (Wildman–Crippen MR) is 117 cm³/mol. The molecule has 3 aromatic rings. The maximum absolute atomic E-state index is 13.6. The van der Waals surface area contributed by atoms with Crippen molar-refractivity contribution >= 4 is 17.7 Å². The molecule has 0 saturated heterocycles. The monoisotopic (exact) mass is 439 g/mol. The fourth-order valence-electron chi connectivity index (χ4n) is 3.34. The van der Waals surface area contributed by atoms with Crippen LogP contribution in [0.5, 0.6) is 5.75 Å². The van der Waals surface area contributed by atoms with Crippen LogP contribution in [0.1, 0.15) is 23.6 Å². The average molecular weight is 439 g/mol. The van der Waals surface area contributed by atoms with Crippen LogP contribution in [-0.2, 0) is 11.8 Å². The first-order chi connectivity index (χ1) is 15.2. The molecule has 1 heterocycles. The third kappa shape index (κ3) is 5.12. The normalized spacial score (nSPS) is 11.6. The highest BCUT2D eigenvalue weighted by atomic mass is 19.1. The van der Waals surface area contributed by atoms with Gasteiger partial charge in [-0.05, 0) is 41.8 Å². The zero-order chi connectivity index (χ0) is 23.4. The van der Waals surface area contributed by atoms with Crippen LogP contribution >= 0.6 is 0 Å². The molecule has 4 N–H and O–H groups in total. The Morgan fingerprint density at radius 3 is 2.44 bits per heavy atom. The van der Waals surface area contributed by atoms with Crippen molar-refractivity contribution in [1.29, 1.82) is 0 Å². The molecule has 2 aromatic carbocycles. The summed E-state index contributed by atoms with van der Waals surface area (Å²) >= 11 is 0. The van der Waals surface area contributed by atoms with Gasteiger partial charge in [0.2, 0.25) is 0 Å². The molecule has 1 unspecified atom stereocenters. The van der Waals surface area contributed by atoms with E-state index in [1.165, 1.54) is 29.9 Å². The van der Waals surface area contributed by atoms with Crippen molar-refractivity contribution in [1.82, 2.24) is 9.88 Å². The number of nitrogens with zero attached hydrogens (tertiary/aromatic N) is 1. The lowest BCUT2D eigenvalue weighted by Gasteiger charge is -2.19. The van der Waals surface area contributed by atoms with Gasteiger partial charge in [-0.3, -0.25) is 9.59 Å². The molecule has 0 aliphatic carbocycles. The molecule has 0 fully saturated rings. The van der Waals surface area contributed by atoms with Crippen LogP contribution in [-0.4, -0.2) is 26.8 Å². The summed E-state index contributed by atoms with van der Waals surface area (Å²) in [6, 6.07) is 10.8. The third-order valence-corrected chi connectivity index (χ3v) is 4.90. The van der Waals surface area contributed by atoms with E-state index in [1.807, 2.05) is 0 Å². The molecule has 2 amide bonds. The number of aryl methyl sites for hydroxylation is 2. The highest BCUT2D eigenvalue weighted by molar-refractivity contribution is 5.91. The number of nitrogens with one attached hydrogen (secondary N) is 2. The predicted octanol–water partition coefficient (Wildman–Crippen LogP) is 3.54. The summed E-state index contributed by atoms with van der Waals surface area (Å²) in [4.78, 5) is 36.3. The van der Waals surface area contributed by atoms with E-state index < -0.39 is 35.8 Å². The zero-order valence-electron chi connectivity index (χ0n) is 17.4. The van der Waals surface area contributed by atoms with Crippen molar-refractivity contribution in [2.75, 3.05) is 5.32 Å². The number of carboxylic acids is 1. The van der Waals surface area contributed by atoms with Crippen LogP contribution in [0.25, 0.3) is 11.1 Å². The van der Waals surface area contributed by atoms with Crippen molar-refractivity contribution in [3.8, 4) is 16.9 Å². The second-order valence-electron chi connectivity index (χ2n) is 7.34. The van der Waals surface area contributed by atoms with Gasteiger partial charge in [0.15, 0.2) is 5.69 Å². The van der Waals surface area contributed by atoms with Crippen LogP contribution in [0.4, 0.5) is 14.9 Å². The van der Waals surface area contributed by atoms with E-state index in [1.54, 1.807) is 43.3 Å². The molecular formula is C23H22FN3O5. The van der Waals surface area contributed by atoms with Gasteiger partial charge >= 0.3 is 12.0 Å². The highest BCUT2D eigenvalue weighted by Gasteiger charge is 2.21. The van der Waals surface area contributed by atoms with Gasteiger partial charge in [-0.2, -0.15) is 0 Å². The lowest BCUT2D eigenvalue weighted by molar-refractivity contribution is -0.137. The van der Waals surface area contributed by atoms with Gasteiger partial charge in [-0.25, -0.2) is 9.18 Å². The Morgan fingerprint density at radius 2 is 1.78 bits per heavy atom. The molecule has 8 nitrogen and oxygen atoms in total. The second kappa shape index (κ2) is 9.34. The van der Waals surface area contributed by atoms with Crippen molar-refractivity contribution in [2.24, 2.45) is 7.05 Å². The van der Waals surface area contributed by atoms with E-state index in [9.17, 15) is 29.0 Å². The average Bonchev–Trinajstić information content (AvgIpc) is 2.75. The number of benzene rings is 2. The number of carbonyl (C=O) groups is 2. The van der Waals surface area contributed by atoms with E-state index in [-0.39, 0.29) is 11.4 Å². The number of aromatic hydroxyl groups is 1. The number of pyridine rings is 1. The Balaban J connectivity index is 1.88. The number of aromatic nitrogens is 1. The molecule has 166 valence electrons. The van der Waals surface area contributed by atoms with Gasteiger partial charge < -0.3 is 25.4 Å². The van der Waals surface area contributed by atoms with Crippen LogP contribution in [0.2, 0.25) is 0 Å². The molecule has 3 rings (SSSR count). The van der Waals surface area contributed by atoms with Crippen molar-refractivity contribution in [2.45, 2.75) is 19.4 Å². The molecule has 0 radical (unpaired) electrons. The lowest BCUT2D eigenvalue weighted by Crippen LogP contribution is -2.36. The maximum Gasteiger partial charge on any atom is 0.319 e. The minimum absolute atomic E-state index is 0.312. The fourth-order valence-corrected chi connectivity index (χ4v) is 3.34. The fraction of sp³-hybridized carbons (Fsp3) is 0.174. The number of carbonyl (C=O) groups excluding carboxylic acids is 1. The van der Waals surface area contributed by atoms with E-state index in [4.69, 9.17) is 0 Å². The summed E-state index contributed by atoms with van der Waals surface area (Å²) in [7, 11) is 1.48. The topological polar surface area (TPSA) is 121 Å². The smallest absolute Gasteiger partial charge is 0.319 e. The second-order valence-corrected chi connectivity index (χ2v) is 7.34. The van der Waals surface area contributed by atoms with Crippen molar-refractivity contribution < 1.29 is 24.2 Å². The molecule has 0 spiro atoms. The minimum Gasteiger partial charge on any atom is -0.505 e. The summed E-state index contributed by atoms with van der Waals surface area (Å²) in [5.74, 6) is -1.93. The van der Waals surface area contributed by atoms with Crippen LogP contribution in [0.15, 0.2) is 59.5 Å². The molecule has 0 aliphatic rings. The first-order valence-corrected chi connectivity index (χ1v) is 9.70. The van der Waals surface area contributed by atoms with E-state index >= 15 is 0 Å². The number of hydrogen-bond acceptors (Lipinski definition) is 4. The largest absolute Gasteiger partial charge is 0.505 e. The first kappa shape index (κ1) is 22.5. The number of amides is 2. The van der Waals surface area contributed by atoms with Crippen molar-refractivity contribution in [3.63, 3.8) is 0 Å². The van der Waals surface area contributed by atoms with Crippen LogP contribution in [0.3, 0.4) is 0 Å². The Kier molecular flexibility index (Phi) is 6.58. The highest BCUT2D eigenvalue weighted by Crippen LogP contribution is 2.26. The SMILES string of the molecule is Cc1cn(C)c(=O)c(NC(=O)NC(CC(=O)O)c2cccc(-c3cccc(F)c3)c2)c1O. The van der Waals surface area contributed by atoms with Gasteiger partial charge in [-0.1, -0.05) is 30.3 Å².